The van der Waals surface area contributed by atoms with E-state index in [1.54, 1.807) is 0 Å². The molecule has 6 N–H and O–H groups in total. The van der Waals surface area contributed by atoms with Crippen molar-refractivity contribution in [1.82, 2.24) is 4.90 Å². The van der Waals surface area contributed by atoms with Crippen LogP contribution in [0.5, 0.6) is 0 Å². The molecule has 0 unspecified atom stereocenters. The fourth-order valence-corrected chi connectivity index (χ4v) is 5.14. The summed E-state index contributed by atoms with van der Waals surface area (Å²) in [6.07, 6.45) is 2.35. The zero-order valence-corrected chi connectivity index (χ0v) is 11.4. The molecule has 0 radical (unpaired) electrons. The van der Waals surface area contributed by atoms with E-state index >= 15 is 0 Å². The molecule has 4 fully saturated rings. The third-order valence-corrected chi connectivity index (χ3v) is 6.30. The fraction of sp³-hybridized carbons (Fsp3) is 1.00. The lowest BCUT2D eigenvalue weighted by Crippen LogP contribution is -2.69. The molecule has 20 heavy (non-hydrogen) atoms. The zero-order valence-electron chi connectivity index (χ0n) is 11.4. The summed E-state index contributed by atoms with van der Waals surface area (Å²) in [6.45, 7) is 1.19. The number of rotatable bonds is 1. The first-order valence-electron chi connectivity index (χ1n) is 7.09. The molecule has 2 saturated carbocycles. The molecule has 0 aromatic carbocycles. The van der Waals surface area contributed by atoms with Gasteiger partial charge in [0.2, 0.25) is 11.8 Å². The molecule has 0 bridgehead atoms. The van der Waals surface area contributed by atoms with Crippen LogP contribution in [-0.4, -0.2) is 58.7 Å². The molecular weight excluding hydrogens is 266 g/mol. The monoisotopic (exact) mass is 287 g/mol. The second kappa shape index (κ2) is 2.94. The Labute approximate surface area is 116 Å². The van der Waals surface area contributed by atoms with Crippen molar-refractivity contribution in [3.63, 3.8) is 0 Å². The minimum atomic E-state index is -2.45. The molecular formula is C13H21NO6. The Morgan fingerprint density at radius 1 is 0.850 bits per heavy atom. The first kappa shape index (κ1) is 13.4. The van der Waals surface area contributed by atoms with Gasteiger partial charge in [0, 0.05) is 17.3 Å². The van der Waals surface area contributed by atoms with E-state index in [4.69, 9.17) is 0 Å². The lowest BCUT2D eigenvalue weighted by molar-refractivity contribution is -0.403. The molecule has 2 aliphatic heterocycles. The van der Waals surface area contributed by atoms with Crippen molar-refractivity contribution in [3.8, 4) is 0 Å². The largest absolute Gasteiger partial charge is 0.364 e. The molecule has 2 saturated heterocycles. The molecule has 2 aliphatic carbocycles. The normalized spacial score (nSPS) is 42.1. The van der Waals surface area contributed by atoms with Gasteiger partial charge in [-0.05, 0) is 39.0 Å². The molecule has 0 aromatic heterocycles. The van der Waals surface area contributed by atoms with Crippen molar-refractivity contribution in [2.75, 3.05) is 0 Å². The van der Waals surface area contributed by atoms with E-state index < -0.39 is 34.0 Å². The van der Waals surface area contributed by atoms with E-state index in [0.717, 1.165) is 4.90 Å². The number of fused-ring (bicyclic) bond motifs is 2. The van der Waals surface area contributed by atoms with Crippen LogP contribution in [0.2, 0.25) is 0 Å². The lowest BCUT2D eigenvalue weighted by Gasteiger charge is -2.48. The zero-order chi connectivity index (χ0) is 14.8. The molecule has 4 rings (SSSR count). The summed E-state index contributed by atoms with van der Waals surface area (Å²) in [6, 6.07) is 0. The van der Waals surface area contributed by atoms with Crippen LogP contribution in [0, 0.1) is 10.8 Å². The van der Waals surface area contributed by atoms with E-state index in [-0.39, 0.29) is 12.8 Å². The van der Waals surface area contributed by atoms with Gasteiger partial charge >= 0.3 is 0 Å². The van der Waals surface area contributed by atoms with Gasteiger partial charge in [-0.3, -0.25) is 0 Å². The van der Waals surface area contributed by atoms with E-state index in [1.165, 1.54) is 6.92 Å². The Hall–Kier alpha value is -0.280. The third-order valence-electron chi connectivity index (χ3n) is 6.30. The molecule has 0 amide bonds. The SMILES string of the molecule is CC(O)(O)[C@]12CC3(CC3)C(O)(O)N1C(O)(O)CC21CC1. The summed E-state index contributed by atoms with van der Waals surface area (Å²) in [5.41, 5.74) is -3.02. The quantitative estimate of drug-likeness (QED) is 0.320. The van der Waals surface area contributed by atoms with Crippen molar-refractivity contribution in [2.24, 2.45) is 10.8 Å². The van der Waals surface area contributed by atoms with Crippen LogP contribution in [0.4, 0.5) is 0 Å². The highest BCUT2D eigenvalue weighted by atomic mass is 16.6. The van der Waals surface area contributed by atoms with E-state index in [1.807, 2.05) is 0 Å². The van der Waals surface area contributed by atoms with E-state index in [2.05, 4.69) is 0 Å². The van der Waals surface area contributed by atoms with Crippen molar-refractivity contribution in [3.05, 3.63) is 0 Å². The molecule has 0 aromatic rings. The van der Waals surface area contributed by atoms with Gasteiger partial charge in [-0.25, -0.2) is 0 Å². The van der Waals surface area contributed by atoms with Crippen molar-refractivity contribution < 1.29 is 30.6 Å². The summed E-state index contributed by atoms with van der Waals surface area (Å²) in [5, 5.41) is 62.3. The third kappa shape index (κ3) is 1.11. The molecule has 2 heterocycles. The van der Waals surface area contributed by atoms with Gasteiger partial charge in [-0.15, -0.1) is 0 Å². The van der Waals surface area contributed by atoms with Gasteiger partial charge < -0.3 is 30.6 Å². The Morgan fingerprint density at radius 3 is 1.75 bits per heavy atom. The summed E-state index contributed by atoms with van der Waals surface area (Å²) < 4.78 is 0. The summed E-state index contributed by atoms with van der Waals surface area (Å²) in [7, 11) is 0. The maximum atomic E-state index is 10.5. The molecule has 114 valence electrons. The lowest BCUT2D eigenvalue weighted by atomic mass is 9.72. The minimum absolute atomic E-state index is 0.102. The Kier molecular flexibility index (Phi) is 1.97. The van der Waals surface area contributed by atoms with Crippen LogP contribution < -0.4 is 0 Å². The van der Waals surface area contributed by atoms with Gasteiger partial charge in [0.05, 0.1) is 5.54 Å². The van der Waals surface area contributed by atoms with Gasteiger partial charge in [-0.1, -0.05) is 0 Å². The average molecular weight is 287 g/mol. The minimum Gasteiger partial charge on any atom is -0.364 e. The first-order chi connectivity index (χ1) is 8.94. The molecule has 7 nitrogen and oxygen atoms in total. The first-order valence-corrected chi connectivity index (χ1v) is 7.09. The fourth-order valence-electron chi connectivity index (χ4n) is 5.14. The summed E-state index contributed by atoms with van der Waals surface area (Å²) >= 11 is 0. The molecule has 7 heteroatoms. The molecule has 1 atom stereocenters. The van der Waals surface area contributed by atoms with Gasteiger partial charge in [-0.2, -0.15) is 4.90 Å². The highest BCUT2D eigenvalue weighted by Crippen LogP contribution is 2.80. The predicted molar refractivity (Wildman–Crippen MR) is 64.3 cm³/mol. The van der Waals surface area contributed by atoms with Gasteiger partial charge in [0.25, 0.3) is 0 Å². The van der Waals surface area contributed by atoms with Crippen molar-refractivity contribution in [1.29, 1.82) is 0 Å². The molecule has 4 aliphatic rings. The van der Waals surface area contributed by atoms with Crippen LogP contribution in [-0.2, 0) is 0 Å². The maximum Gasteiger partial charge on any atom is 0.235 e. The summed E-state index contributed by atoms with van der Waals surface area (Å²) in [4.78, 5) is 0.771. The van der Waals surface area contributed by atoms with Gasteiger partial charge in [0.15, 0.2) is 5.79 Å². The van der Waals surface area contributed by atoms with Crippen LogP contribution in [0.3, 0.4) is 0 Å². The standard InChI is InChI=1S/C13H21NO6/c1-8(15,16)11-6-10(4-5-10)13(19,20)14(11)12(17,18)7-9(11)2-3-9/h15-20H,2-7H2,1H3/t11-/m0/s1. The van der Waals surface area contributed by atoms with Crippen LogP contribution >= 0.6 is 0 Å². The van der Waals surface area contributed by atoms with Crippen molar-refractivity contribution >= 4 is 0 Å². The Balaban J connectivity index is 1.97. The number of hydrogen-bond donors (Lipinski definition) is 6. The average Bonchev–Trinajstić information content (AvgIpc) is 3.07. The Bertz CT molecular complexity index is 488. The van der Waals surface area contributed by atoms with Crippen molar-refractivity contribution in [2.45, 2.75) is 68.6 Å². The maximum absolute atomic E-state index is 10.5. The number of aliphatic hydroxyl groups is 6. The topological polar surface area (TPSA) is 125 Å². The van der Waals surface area contributed by atoms with Crippen LogP contribution in [0.25, 0.3) is 0 Å². The Morgan fingerprint density at radius 2 is 1.35 bits per heavy atom. The highest BCUT2D eigenvalue weighted by molar-refractivity contribution is 5.33. The second-order valence-corrected chi connectivity index (χ2v) is 7.54. The highest BCUT2D eigenvalue weighted by Gasteiger charge is 2.89. The summed E-state index contributed by atoms with van der Waals surface area (Å²) in [5.74, 6) is -7.13. The van der Waals surface area contributed by atoms with Crippen LogP contribution in [0.1, 0.15) is 45.4 Å². The predicted octanol–water partition coefficient (Wildman–Crippen LogP) is -1.63. The van der Waals surface area contributed by atoms with Crippen LogP contribution in [0.15, 0.2) is 0 Å². The van der Waals surface area contributed by atoms with E-state index in [0.29, 0.717) is 25.7 Å². The van der Waals surface area contributed by atoms with E-state index in [9.17, 15) is 30.6 Å². The second-order valence-electron chi connectivity index (χ2n) is 7.54. The van der Waals surface area contributed by atoms with Gasteiger partial charge in [0.1, 0.15) is 0 Å². The number of hydrogen-bond acceptors (Lipinski definition) is 7. The molecule has 2 spiro atoms. The number of nitrogens with zero attached hydrogens (tertiary/aromatic N) is 1. The smallest absolute Gasteiger partial charge is 0.235 e.